The smallest absolute Gasteiger partial charge is 0.251 e. The van der Waals surface area contributed by atoms with E-state index in [9.17, 15) is 13.2 Å². The summed E-state index contributed by atoms with van der Waals surface area (Å²) < 4.78 is 22.9. The SMILES string of the molecule is CCCC(C)(C)NC(=O)c1ccc(C)c(S(N)(=O)=O)c1. The molecule has 0 radical (unpaired) electrons. The first-order chi connectivity index (χ1) is 9.07. The number of nitrogens with two attached hydrogens (primary N) is 1. The van der Waals surface area contributed by atoms with Gasteiger partial charge < -0.3 is 5.32 Å². The summed E-state index contributed by atoms with van der Waals surface area (Å²) in [6, 6.07) is 4.50. The Labute approximate surface area is 120 Å². The highest BCUT2D eigenvalue weighted by molar-refractivity contribution is 7.89. The first kappa shape index (κ1) is 16.7. The molecule has 0 spiro atoms. The summed E-state index contributed by atoms with van der Waals surface area (Å²) in [5.74, 6) is -0.298. The Balaban J connectivity index is 3.07. The van der Waals surface area contributed by atoms with Crippen molar-refractivity contribution in [3.8, 4) is 0 Å². The minimum atomic E-state index is -3.82. The van der Waals surface area contributed by atoms with Crippen LogP contribution in [0.15, 0.2) is 23.1 Å². The van der Waals surface area contributed by atoms with Crippen molar-refractivity contribution >= 4 is 15.9 Å². The lowest BCUT2D eigenvalue weighted by atomic mass is 9.98. The van der Waals surface area contributed by atoms with Crippen molar-refractivity contribution in [2.75, 3.05) is 0 Å². The Hall–Kier alpha value is -1.40. The van der Waals surface area contributed by atoms with Crippen LogP contribution >= 0.6 is 0 Å². The van der Waals surface area contributed by atoms with E-state index in [1.165, 1.54) is 6.07 Å². The zero-order valence-electron chi connectivity index (χ0n) is 12.4. The van der Waals surface area contributed by atoms with Gasteiger partial charge in [-0.25, -0.2) is 13.6 Å². The number of amides is 1. The first-order valence-electron chi connectivity index (χ1n) is 6.53. The monoisotopic (exact) mass is 298 g/mol. The van der Waals surface area contributed by atoms with E-state index < -0.39 is 10.0 Å². The molecule has 0 atom stereocenters. The van der Waals surface area contributed by atoms with Gasteiger partial charge in [-0.15, -0.1) is 0 Å². The zero-order chi connectivity index (χ0) is 15.6. The molecule has 5 nitrogen and oxygen atoms in total. The van der Waals surface area contributed by atoms with Gasteiger partial charge in [0.1, 0.15) is 0 Å². The number of hydrogen-bond donors (Lipinski definition) is 2. The molecular formula is C14H22N2O3S. The van der Waals surface area contributed by atoms with Crippen molar-refractivity contribution in [2.45, 2.75) is 51.0 Å². The molecule has 0 bridgehead atoms. The van der Waals surface area contributed by atoms with E-state index in [0.717, 1.165) is 12.8 Å². The Bertz CT molecular complexity index is 607. The molecule has 0 unspecified atom stereocenters. The molecule has 1 amide bonds. The molecule has 112 valence electrons. The van der Waals surface area contributed by atoms with Crippen molar-refractivity contribution in [3.05, 3.63) is 29.3 Å². The minimum absolute atomic E-state index is 0.0153. The van der Waals surface area contributed by atoms with Crippen molar-refractivity contribution in [1.29, 1.82) is 0 Å². The fourth-order valence-corrected chi connectivity index (χ4v) is 2.92. The average molecular weight is 298 g/mol. The minimum Gasteiger partial charge on any atom is -0.347 e. The van der Waals surface area contributed by atoms with Gasteiger partial charge in [-0.1, -0.05) is 19.4 Å². The molecule has 0 aromatic heterocycles. The van der Waals surface area contributed by atoms with E-state index in [4.69, 9.17) is 5.14 Å². The molecular weight excluding hydrogens is 276 g/mol. The molecule has 0 aliphatic heterocycles. The maximum Gasteiger partial charge on any atom is 0.251 e. The Morgan fingerprint density at radius 3 is 2.45 bits per heavy atom. The van der Waals surface area contributed by atoms with Crippen LogP contribution in [0.1, 0.15) is 49.5 Å². The summed E-state index contributed by atoms with van der Waals surface area (Å²) in [4.78, 5) is 12.2. The third-order valence-corrected chi connectivity index (χ3v) is 4.14. The van der Waals surface area contributed by atoms with Gasteiger partial charge in [0.05, 0.1) is 4.90 Å². The molecule has 0 heterocycles. The maximum atomic E-state index is 12.2. The number of benzene rings is 1. The van der Waals surface area contributed by atoms with Gasteiger partial charge in [0.25, 0.3) is 5.91 Å². The number of nitrogens with one attached hydrogen (secondary N) is 1. The molecule has 0 saturated carbocycles. The van der Waals surface area contributed by atoms with Gasteiger partial charge in [0, 0.05) is 11.1 Å². The normalized spacial score (nSPS) is 12.2. The van der Waals surface area contributed by atoms with Crippen LogP contribution < -0.4 is 10.5 Å². The molecule has 0 aliphatic carbocycles. The molecule has 6 heteroatoms. The van der Waals surface area contributed by atoms with Crippen LogP contribution in [-0.2, 0) is 10.0 Å². The Morgan fingerprint density at radius 2 is 1.95 bits per heavy atom. The van der Waals surface area contributed by atoms with Gasteiger partial charge >= 0.3 is 0 Å². The van der Waals surface area contributed by atoms with Crippen molar-refractivity contribution in [3.63, 3.8) is 0 Å². The van der Waals surface area contributed by atoms with Crippen molar-refractivity contribution < 1.29 is 13.2 Å². The summed E-state index contributed by atoms with van der Waals surface area (Å²) in [7, 11) is -3.82. The molecule has 0 fully saturated rings. The lowest BCUT2D eigenvalue weighted by Crippen LogP contribution is -2.43. The fraction of sp³-hybridized carbons (Fsp3) is 0.500. The Kier molecular flexibility index (Phi) is 4.94. The van der Waals surface area contributed by atoms with Crippen LogP contribution in [0.3, 0.4) is 0 Å². The number of carbonyl (C=O) groups excluding carboxylic acids is 1. The van der Waals surface area contributed by atoms with Gasteiger partial charge in [0.15, 0.2) is 0 Å². The summed E-state index contributed by atoms with van der Waals surface area (Å²) in [6.07, 6.45) is 1.79. The quantitative estimate of drug-likeness (QED) is 0.870. The summed E-state index contributed by atoms with van der Waals surface area (Å²) in [6.45, 7) is 7.55. The highest BCUT2D eigenvalue weighted by atomic mass is 32.2. The number of primary sulfonamides is 1. The molecule has 0 aliphatic rings. The van der Waals surface area contributed by atoms with Gasteiger partial charge in [-0.05, 0) is 44.9 Å². The molecule has 1 aromatic carbocycles. The van der Waals surface area contributed by atoms with Crippen LogP contribution in [0, 0.1) is 6.92 Å². The Morgan fingerprint density at radius 1 is 1.35 bits per heavy atom. The molecule has 20 heavy (non-hydrogen) atoms. The first-order valence-corrected chi connectivity index (χ1v) is 8.07. The lowest BCUT2D eigenvalue weighted by molar-refractivity contribution is 0.0909. The zero-order valence-corrected chi connectivity index (χ0v) is 13.2. The van der Waals surface area contributed by atoms with E-state index >= 15 is 0 Å². The summed E-state index contributed by atoms with van der Waals surface area (Å²) in [5, 5.41) is 8.04. The molecule has 1 rings (SSSR count). The van der Waals surface area contributed by atoms with E-state index in [-0.39, 0.29) is 16.3 Å². The van der Waals surface area contributed by atoms with E-state index in [2.05, 4.69) is 5.32 Å². The summed E-state index contributed by atoms with van der Waals surface area (Å²) in [5.41, 5.74) is 0.485. The number of hydrogen-bond acceptors (Lipinski definition) is 3. The van der Waals surface area contributed by atoms with Crippen molar-refractivity contribution in [2.24, 2.45) is 5.14 Å². The van der Waals surface area contributed by atoms with Crippen LogP contribution in [0.4, 0.5) is 0 Å². The molecule has 3 N–H and O–H groups in total. The second-order valence-electron chi connectivity index (χ2n) is 5.61. The second kappa shape index (κ2) is 5.93. The summed E-state index contributed by atoms with van der Waals surface area (Å²) >= 11 is 0. The predicted molar refractivity (Wildman–Crippen MR) is 79.0 cm³/mol. The van der Waals surface area contributed by atoms with Gasteiger partial charge in [-0.3, -0.25) is 4.79 Å². The number of aryl methyl sites for hydroxylation is 1. The van der Waals surface area contributed by atoms with Crippen LogP contribution in [0.25, 0.3) is 0 Å². The third kappa shape index (κ3) is 4.31. The van der Waals surface area contributed by atoms with Crippen LogP contribution in [-0.4, -0.2) is 19.9 Å². The van der Waals surface area contributed by atoms with E-state index in [0.29, 0.717) is 11.1 Å². The fourth-order valence-electron chi connectivity index (χ4n) is 2.11. The van der Waals surface area contributed by atoms with Crippen molar-refractivity contribution in [1.82, 2.24) is 5.32 Å². The lowest BCUT2D eigenvalue weighted by Gasteiger charge is -2.25. The highest BCUT2D eigenvalue weighted by Gasteiger charge is 2.21. The van der Waals surface area contributed by atoms with E-state index in [1.54, 1.807) is 19.1 Å². The number of rotatable bonds is 5. The topological polar surface area (TPSA) is 89.3 Å². The van der Waals surface area contributed by atoms with Gasteiger partial charge in [0.2, 0.25) is 10.0 Å². The number of carbonyl (C=O) groups is 1. The van der Waals surface area contributed by atoms with Crippen LogP contribution in [0.2, 0.25) is 0 Å². The average Bonchev–Trinajstić information content (AvgIpc) is 2.26. The highest BCUT2D eigenvalue weighted by Crippen LogP contribution is 2.17. The van der Waals surface area contributed by atoms with E-state index in [1.807, 2.05) is 20.8 Å². The molecule has 0 saturated heterocycles. The largest absolute Gasteiger partial charge is 0.347 e. The molecule has 1 aromatic rings. The maximum absolute atomic E-state index is 12.2. The van der Waals surface area contributed by atoms with Gasteiger partial charge in [-0.2, -0.15) is 0 Å². The standard InChI is InChI=1S/C14H22N2O3S/c1-5-8-14(3,4)16-13(17)11-7-6-10(2)12(9-11)20(15,18)19/h6-7,9H,5,8H2,1-4H3,(H,16,17)(H2,15,18,19). The third-order valence-electron chi connectivity index (χ3n) is 3.08. The second-order valence-corrected chi connectivity index (χ2v) is 7.14. The predicted octanol–water partition coefficient (Wildman–Crippen LogP) is 1.95. The number of sulfonamides is 1. The van der Waals surface area contributed by atoms with Crippen LogP contribution in [0.5, 0.6) is 0 Å².